The van der Waals surface area contributed by atoms with Crippen LogP contribution in [-0.4, -0.2) is 76.4 Å². The van der Waals surface area contributed by atoms with E-state index in [-0.39, 0.29) is 49.4 Å². The predicted octanol–water partition coefficient (Wildman–Crippen LogP) is 0.184. The minimum atomic E-state index is -0.785. The number of likely N-dealkylation sites (N-methyl/N-ethyl adjacent to an activating group) is 1. The van der Waals surface area contributed by atoms with Gasteiger partial charge in [0.2, 0.25) is 11.8 Å². The summed E-state index contributed by atoms with van der Waals surface area (Å²) in [5, 5.41) is 5.93. The maximum Gasteiger partial charge on any atom is 0.315 e. The minimum absolute atomic E-state index is 0.162. The average Bonchev–Trinajstić information content (AvgIpc) is 3.33. The van der Waals surface area contributed by atoms with Crippen LogP contribution in [0.1, 0.15) is 49.0 Å². The van der Waals surface area contributed by atoms with Crippen molar-refractivity contribution in [2.75, 3.05) is 20.1 Å². The van der Waals surface area contributed by atoms with Gasteiger partial charge in [0.25, 0.3) is 5.91 Å². The number of rotatable bonds is 6. The number of hydrogen-bond donors (Lipinski definition) is 3. The van der Waals surface area contributed by atoms with E-state index in [1.165, 1.54) is 23.3 Å². The highest BCUT2D eigenvalue weighted by atomic mass is 16.2. The molecule has 10 heteroatoms. The average molecular weight is 433 g/mol. The van der Waals surface area contributed by atoms with Gasteiger partial charge in [-0.3, -0.25) is 14.4 Å². The number of nitrogens with two attached hydrogens (primary N) is 1. The third-order valence-electron chi connectivity index (χ3n) is 6.05. The molecule has 2 unspecified atom stereocenters. The molecule has 0 radical (unpaired) electrons. The second-order valence-corrected chi connectivity index (χ2v) is 8.52. The number of hydrogen-bond acceptors (Lipinski definition) is 4. The van der Waals surface area contributed by atoms with E-state index in [1.54, 1.807) is 29.9 Å². The first-order valence-corrected chi connectivity index (χ1v) is 10.8. The van der Waals surface area contributed by atoms with E-state index in [4.69, 9.17) is 5.73 Å². The molecule has 2 aliphatic rings. The molecule has 5 amide bonds. The molecule has 1 aliphatic heterocycles. The summed E-state index contributed by atoms with van der Waals surface area (Å²) < 4.78 is 1.69. The van der Waals surface area contributed by atoms with Crippen molar-refractivity contribution in [2.45, 2.75) is 56.7 Å². The van der Waals surface area contributed by atoms with Gasteiger partial charge in [0, 0.05) is 32.9 Å². The van der Waals surface area contributed by atoms with Crippen molar-refractivity contribution in [1.82, 2.24) is 25.0 Å². The Bertz CT molecular complexity index is 832. The quantitative estimate of drug-likeness (QED) is 0.592. The highest BCUT2D eigenvalue weighted by Crippen LogP contribution is 2.23. The Morgan fingerprint density at radius 3 is 2.42 bits per heavy atom. The van der Waals surface area contributed by atoms with Crippen LogP contribution in [0, 0.1) is 0 Å². The fraction of sp³-hybridized carbons (Fsp3) is 0.619. The molecule has 1 saturated carbocycles. The highest BCUT2D eigenvalue weighted by Gasteiger charge is 2.42. The fourth-order valence-corrected chi connectivity index (χ4v) is 4.45. The number of likely N-dealkylation sites (tertiary alicyclic amines) is 1. The SMILES string of the molecule is CN(CC(N)=O)C(=O)C1CC(NC(=O)NC2CCCCC2)CN1C(=O)c1cccn1C. The van der Waals surface area contributed by atoms with E-state index in [2.05, 4.69) is 10.6 Å². The van der Waals surface area contributed by atoms with Crippen molar-refractivity contribution in [2.24, 2.45) is 12.8 Å². The van der Waals surface area contributed by atoms with Gasteiger partial charge in [-0.2, -0.15) is 0 Å². The summed E-state index contributed by atoms with van der Waals surface area (Å²) in [5.41, 5.74) is 5.67. The number of primary amides is 1. The predicted molar refractivity (Wildman–Crippen MR) is 114 cm³/mol. The molecule has 1 aromatic heterocycles. The smallest absolute Gasteiger partial charge is 0.315 e. The zero-order valence-electron chi connectivity index (χ0n) is 18.2. The van der Waals surface area contributed by atoms with Crippen LogP contribution < -0.4 is 16.4 Å². The maximum atomic E-state index is 13.2. The van der Waals surface area contributed by atoms with Crippen LogP contribution in [0.2, 0.25) is 0 Å². The summed E-state index contributed by atoms with van der Waals surface area (Å²) in [7, 11) is 3.24. The first kappa shape index (κ1) is 22.6. The lowest BCUT2D eigenvalue weighted by atomic mass is 9.96. The van der Waals surface area contributed by atoms with Crippen molar-refractivity contribution < 1.29 is 19.2 Å². The van der Waals surface area contributed by atoms with Gasteiger partial charge in [-0.05, 0) is 31.4 Å². The maximum absolute atomic E-state index is 13.2. The largest absolute Gasteiger partial charge is 0.368 e. The van der Waals surface area contributed by atoms with Gasteiger partial charge in [-0.25, -0.2) is 4.79 Å². The number of aryl methyl sites for hydroxylation is 1. The summed E-state index contributed by atoms with van der Waals surface area (Å²) in [6.07, 6.45) is 7.38. The molecule has 0 spiro atoms. The van der Waals surface area contributed by atoms with E-state index in [9.17, 15) is 19.2 Å². The lowest BCUT2D eigenvalue weighted by Crippen LogP contribution is -2.48. The molecular weight excluding hydrogens is 400 g/mol. The summed E-state index contributed by atoms with van der Waals surface area (Å²) in [5.74, 6) is -1.30. The fourth-order valence-electron chi connectivity index (χ4n) is 4.45. The van der Waals surface area contributed by atoms with Crippen LogP contribution in [0.4, 0.5) is 4.79 Å². The van der Waals surface area contributed by atoms with Crippen LogP contribution in [-0.2, 0) is 16.6 Å². The lowest BCUT2D eigenvalue weighted by molar-refractivity contribution is -0.137. The normalized spacial score (nSPS) is 21.5. The van der Waals surface area contributed by atoms with Gasteiger partial charge < -0.3 is 30.7 Å². The Balaban J connectivity index is 1.70. The molecule has 1 saturated heterocycles. The topological polar surface area (TPSA) is 130 Å². The van der Waals surface area contributed by atoms with E-state index in [1.807, 2.05) is 0 Å². The van der Waals surface area contributed by atoms with Crippen LogP contribution >= 0.6 is 0 Å². The van der Waals surface area contributed by atoms with Crippen LogP contribution in [0.25, 0.3) is 0 Å². The number of urea groups is 1. The molecule has 1 aliphatic carbocycles. The molecule has 2 fully saturated rings. The van der Waals surface area contributed by atoms with Gasteiger partial charge in [0.1, 0.15) is 11.7 Å². The summed E-state index contributed by atoms with van der Waals surface area (Å²) >= 11 is 0. The van der Waals surface area contributed by atoms with Gasteiger partial charge in [0.15, 0.2) is 0 Å². The second kappa shape index (κ2) is 9.84. The number of nitrogens with zero attached hydrogens (tertiary/aromatic N) is 3. The van der Waals surface area contributed by atoms with Crippen LogP contribution in [0.5, 0.6) is 0 Å². The van der Waals surface area contributed by atoms with E-state index < -0.39 is 11.9 Å². The summed E-state index contributed by atoms with van der Waals surface area (Å²) in [6.45, 7) is -0.0231. The first-order chi connectivity index (χ1) is 14.8. The Kier molecular flexibility index (Phi) is 7.19. The van der Waals surface area contributed by atoms with Crippen LogP contribution in [0.3, 0.4) is 0 Å². The van der Waals surface area contributed by atoms with Crippen molar-refractivity contribution in [3.63, 3.8) is 0 Å². The number of carbonyl (C=O) groups is 4. The summed E-state index contributed by atoms with van der Waals surface area (Å²) in [6, 6.07) is 2.17. The molecule has 2 atom stereocenters. The third-order valence-corrected chi connectivity index (χ3v) is 6.05. The van der Waals surface area contributed by atoms with Crippen molar-refractivity contribution in [1.29, 1.82) is 0 Å². The molecule has 1 aromatic rings. The molecule has 3 rings (SSSR count). The van der Waals surface area contributed by atoms with Gasteiger partial charge in [0.05, 0.1) is 12.6 Å². The minimum Gasteiger partial charge on any atom is -0.368 e. The molecule has 2 heterocycles. The third kappa shape index (κ3) is 5.56. The molecule has 4 N–H and O–H groups in total. The Hall–Kier alpha value is -3.04. The zero-order valence-corrected chi connectivity index (χ0v) is 18.2. The second-order valence-electron chi connectivity index (χ2n) is 8.52. The van der Waals surface area contributed by atoms with E-state index >= 15 is 0 Å². The molecule has 0 bridgehead atoms. The lowest BCUT2D eigenvalue weighted by Gasteiger charge is -2.27. The van der Waals surface area contributed by atoms with Crippen molar-refractivity contribution >= 4 is 23.8 Å². The molecule has 10 nitrogen and oxygen atoms in total. The number of amides is 5. The van der Waals surface area contributed by atoms with Gasteiger partial charge >= 0.3 is 6.03 Å². The van der Waals surface area contributed by atoms with E-state index in [0.717, 1.165) is 25.7 Å². The van der Waals surface area contributed by atoms with Gasteiger partial charge in [-0.1, -0.05) is 19.3 Å². The Morgan fingerprint density at radius 2 is 1.81 bits per heavy atom. The van der Waals surface area contributed by atoms with Gasteiger partial charge in [-0.15, -0.1) is 0 Å². The Morgan fingerprint density at radius 1 is 1.13 bits per heavy atom. The van der Waals surface area contributed by atoms with Crippen molar-refractivity contribution in [3.05, 3.63) is 24.0 Å². The van der Waals surface area contributed by atoms with Crippen molar-refractivity contribution in [3.8, 4) is 0 Å². The molecule has 170 valence electrons. The molecular formula is C21H32N6O4. The first-order valence-electron chi connectivity index (χ1n) is 10.8. The summed E-state index contributed by atoms with van der Waals surface area (Å²) in [4.78, 5) is 52.6. The number of aromatic nitrogens is 1. The highest BCUT2D eigenvalue weighted by molar-refractivity contribution is 5.97. The Labute approximate surface area is 182 Å². The number of nitrogens with one attached hydrogen (secondary N) is 2. The zero-order chi connectivity index (χ0) is 22.5. The number of carbonyl (C=O) groups excluding carboxylic acids is 4. The standard InChI is InChI=1S/C21H32N6O4/c1-25-10-6-9-16(25)20(30)27-12-15(11-17(27)19(29)26(2)13-18(22)28)24-21(31)23-14-7-4-3-5-8-14/h6,9-10,14-15,17H,3-5,7-8,11-13H2,1-2H3,(H2,22,28)(H2,23,24,31). The monoisotopic (exact) mass is 432 g/mol. The molecule has 31 heavy (non-hydrogen) atoms. The molecule has 0 aromatic carbocycles. The van der Waals surface area contributed by atoms with Crippen LogP contribution in [0.15, 0.2) is 18.3 Å². The van der Waals surface area contributed by atoms with E-state index in [0.29, 0.717) is 5.69 Å².